The molecule has 2 nitrogen and oxygen atoms in total. The van der Waals surface area contributed by atoms with E-state index in [1.54, 1.807) is 0 Å². The third-order valence-electron chi connectivity index (χ3n) is 5.26. The van der Waals surface area contributed by atoms with Gasteiger partial charge >= 0.3 is 0 Å². The van der Waals surface area contributed by atoms with E-state index in [1.165, 1.54) is 35.7 Å². The summed E-state index contributed by atoms with van der Waals surface area (Å²) in [6, 6.07) is 10.8. The van der Waals surface area contributed by atoms with Gasteiger partial charge in [-0.1, -0.05) is 28.1 Å². The summed E-state index contributed by atoms with van der Waals surface area (Å²) in [7, 11) is 2.32. The molecule has 0 spiro atoms. The molecule has 0 radical (unpaired) electrons. The van der Waals surface area contributed by atoms with Gasteiger partial charge in [-0.3, -0.25) is 0 Å². The fourth-order valence-corrected chi connectivity index (χ4v) is 4.35. The lowest BCUT2D eigenvalue weighted by molar-refractivity contribution is 0.131. The van der Waals surface area contributed by atoms with Gasteiger partial charge in [0, 0.05) is 22.6 Å². The van der Waals surface area contributed by atoms with Crippen LogP contribution in [-0.2, 0) is 0 Å². The summed E-state index contributed by atoms with van der Waals surface area (Å²) in [6.45, 7) is 3.43. The van der Waals surface area contributed by atoms with Crippen LogP contribution in [-0.4, -0.2) is 30.6 Å². The lowest BCUT2D eigenvalue weighted by Crippen LogP contribution is -2.42. The van der Waals surface area contributed by atoms with E-state index < -0.39 is 0 Å². The average Bonchev–Trinajstić information content (AvgIpc) is 2.66. The molecule has 3 heteroatoms. The van der Waals surface area contributed by atoms with Gasteiger partial charge in [0.1, 0.15) is 0 Å². The van der Waals surface area contributed by atoms with Crippen LogP contribution in [0.5, 0.6) is 0 Å². The Balaban J connectivity index is 1.52. The Morgan fingerprint density at radius 2 is 2.00 bits per heavy atom. The van der Waals surface area contributed by atoms with Crippen LogP contribution < -0.4 is 5.32 Å². The van der Waals surface area contributed by atoms with Gasteiger partial charge < -0.3 is 10.2 Å². The zero-order chi connectivity index (χ0) is 14.1. The minimum Gasteiger partial charge on any atom is -0.310 e. The molecule has 0 saturated carbocycles. The maximum absolute atomic E-state index is 3.74. The van der Waals surface area contributed by atoms with E-state index in [-0.39, 0.29) is 0 Å². The summed E-state index contributed by atoms with van der Waals surface area (Å²) >= 11 is 3.56. The van der Waals surface area contributed by atoms with Gasteiger partial charge in [-0.2, -0.15) is 0 Å². The summed E-state index contributed by atoms with van der Waals surface area (Å²) in [4.78, 5) is 2.62. The highest BCUT2D eigenvalue weighted by atomic mass is 79.9. The molecule has 3 unspecified atom stereocenters. The Bertz CT molecular complexity index is 448. The van der Waals surface area contributed by atoms with Crippen molar-refractivity contribution in [2.45, 2.75) is 50.7 Å². The van der Waals surface area contributed by atoms with E-state index in [2.05, 4.69) is 64.4 Å². The van der Waals surface area contributed by atoms with Crippen LogP contribution in [0, 0.1) is 5.92 Å². The molecule has 3 atom stereocenters. The first-order chi connectivity index (χ1) is 9.63. The molecule has 3 rings (SSSR count). The Hall–Kier alpha value is -0.380. The number of rotatable bonds is 4. The van der Waals surface area contributed by atoms with Crippen molar-refractivity contribution >= 4 is 15.9 Å². The van der Waals surface area contributed by atoms with Crippen molar-refractivity contribution in [1.82, 2.24) is 10.2 Å². The van der Waals surface area contributed by atoms with Gasteiger partial charge in [-0.15, -0.1) is 0 Å². The fraction of sp³-hybridized carbons (Fsp3) is 0.647. The number of nitrogens with one attached hydrogen (secondary N) is 1. The topological polar surface area (TPSA) is 15.3 Å². The highest BCUT2D eigenvalue weighted by molar-refractivity contribution is 9.10. The van der Waals surface area contributed by atoms with Crippen LogP contribution in [0.15, 0.2) is 28.7 Å². The summed E-state index contributed by atoms with van der Waals surface area (Å²) in [5, 5.41) is 3.74. The second-order valence-corrected chi connectivity index (χ2v) is 7.49. The predicted molar refractivity (Wildman–Crippen MR) is 87.9 cm³/mol. The molecular weight excluding hydrogens is 312 g/mol. The normalized spacial score (nSPS) is 31.4. The lowest BCUT2D eigenvalue weighted by atomic mass is 9.90. The van der Waals surface area contributed by atoms with Crippen molar-refractivity contribution in [3.8, 4) is 0 Å². The summed E-state index contributed by atoms with van der Waals surface area (Å²) < 4.78 is 1.17. The molecule has 1 aromatic carbocycles. The number of hydrogen-bond acceptors (Lipinski definition) is 2. The van der Waals surface area contributed by atoms with Crippen LogP contribution in [0.25, 0.3) is 0 Å². The quantitative estimate of drug-likeness (QED) is 0.894. The zero-order valence-corrected chi connectivity index (χ0v) is 14.1. The predicted octanol–water partition coefficient (Wildman–Crippen LogP) is 3.97. The number of halogens is 1. The molecule has 2 bridgehead atoms. The molecule has 0 amide bonds. The van der Waals surface area contributed by atoms with Gasteiger partial charge in [0.25, 0.3) is 0 Å². The monoisotopic (exact) mass is 336 g/mol. The van der Waals surface area contributed by atoms with Gasteiger partial charge in [0.15, 0.2) is 0 Å². The van der Waals surface area contributed by atoms with E-state index in [0.717, 1.165) is 24.5 Å². The van der Waals surface area contributed by atoms with E-state index in [4.69, 9.17) is 0 Å². The minimum absolute atomic E-state index is 0.435. The Labute approximate surface area is 131 Å². The van der Waals surface area contributed by atoms with Crippen molar-refractivity contribution in [2.75, 3.05) is 13.6 Å². The van der Waals surface area contributed by atoms with Gasteiger partial charge in [-0.05, 0) is 69.8 Å². The van der Waals surface area contributed by atoms with E-state index in [0.29, 0.717) is 6.04 Å². The van der Waals surface area contributed by atoms with Crippen LogP contribution in [0.1, 0.15) is 44.2 Å². The van der Waals surface area contributed by atoms with E-state index in [9.17, 15) is 0 Å². The molecule has 0 aliphatic carbocycles. The molecule has 0 aromatic heterocycles. The maximum Gasteiger partial charge on any atom is 0.0292 e. The Morgan fingerprint density at radius 1 is 1.30 bits per heavy atom. The van der Waals surface area contributed by atoms with Crippen LogP contribution in [0.2, 0.25) is 0 Å². The average molecular weight is 337 g/mol. The van der Waals surface area contributed by atoms with Crippen molar-refractivity contribution in [3.63, 3.8) is 0 Å². The molecule has 2 aliphatic rings. The zero-order valence-electron chi connectivity index (χ0n) is 12.5. The smallest absolute Gasteiger partial charge is 0.0292 e. The number of fused-ring (bicyclic) bond motifs is 2. The number of benzene rings is 1. The molecule has 20 heavy (non-hydrogen) atoms. The maximum atomic E-state index is 3.74. The summed E-state index contributed by atoms with van der Waals surface area (Å²) in [5.41, 5.74) is 1.37. The highest BCUT2D eigenvalue weighted by Gasteiger charge is 2.38. The number of hydrogen-bond donors (Lipinski definition) is 1. The third-order valence-corrected chi connectivity index (χ3v) is 5.75. The second-order valence-electron chi connectivity index (χ2n) is 6.57. The molecular formula is C17H25BrN2. The number of nitrogens with zero attached hydrogens (tertiary/aromatic N) is 1. The molecule has 2 saturated heterocycles. The van der Waals surface area contributed by atoms with Crippen LogP contribution in [0.4, 0.5) is 0 Å². The summed E-state index contributed by atoms with van der Waals surface area (Å²) in [5.74, 6) is 0.860. The Morgan fingerprint density at radius 3 is 2.65 bits per heavy atom. The van der Waals surface area contributed by atoms with Crippen molar-refractivity contribution in [2.24, 2.45) is 5.92 Å². The molecule has 2 aliphatic heterocycles. The van der Waals surface area contributed by atoms with E-state index >= 15 is 0 Å². The molecule has 110 valence electrons. The van der Waals surface area contributed by atoms with E-state index in [1.807, 2.05) is 0 Å². The van der Waals surface area contributed by atoms with Crippen molar-refractivity contribution in [1.29, 1.82) is 0 Å². The van der Waals surface area contributed by atoms with Crippen molar-refractivity contribution < 1.29 is 0 Å². The largest absolute Gasteiger partial charge is 0.310 e. The fourth-order valence-electron chi connectivity index (χ4n) is 3.93. The van der Waals surface area contributed by atoms with Crippen LogP contribution >= 0.6 is 15.9 Å². The highest BCUT2D eigenvalue weighted by Crippen LogP contribution is 2.37. The lowest BCUT2D eigenvalue weighted by Gasteiger charge is -2.36. The van der Waals surface area contributed by atoms with Gasteiger partial charge in [0.2, 0.25) is 0 Å². The first kappa shape index (κ1) is 14.6. The minimum atomic E-state index is 0.435. The van der Waals surface area contributed by atoms with Crippen LogP contribution in [0.3, 0.4) is 0 Å². The van der Waals surface area contributed by atoms with Gasteiger partial charge in [-0.25, -0.2) is 0 Å². The van der Waals surface area contributed by atoms with Gasteiger partial charge in [0.05, 0.1) is 0 Å². The summed E-state index contributed by atoms with van der Waals surface area (Å²) in [6.07, 6.45) is 5.59. The first-order valence-electron chi connectivity index (χ1n) is 7.84. The number of piperidine rings is 1. The molecule has 2 fully saturated rings. The SMILES string of the molecule is CC(NCC1CC2CCC(C1)N2C)c1cccc(Br)c1. The Kier molecular flexibility index (Phi) is 4.49. The molecule has 2 heterocycles. The molecule has 1 N–H and O–H groups in total. The molecule has 1 aromatic rings. The first-order valence-corrected chi connectivity index (χ1v) is 8.63. The second kappa shape index (κ2) is 6.17. The third kappa shape index (κ3) is 3.10. The van der Waals surface area contributed by atoms with Crippen molar-refractivity contribution in [3.05, 3.63) is 34.3 Å². The standard InChI is InChI=1S/C17H25BrN2/c1-12(14-4-3-5-15(18)10-14)19-11-13-8-16-6-7-17(9-13)20(16)2/h3-5,10,12-13,16-17,19H,6-9,11H2,1-2H3.